The van der Waals surface area contributed by atoms with Crippen molar-refractivity contribution in [3.8, 4) is 16.9 Å². The van der Waals surface area contributed by atoms with Crippen LogP contribution in [-0.2, 0) is 6.42 Å². The number of anilines is 1. The fourth-order valence-electron chi connectivity index (χ4n) is 4.87. The van der Waals surface area contributed by atoms with Gasteiger partial charge in [-0.15, -0.1) is 0 Å². The zero-order valence-electron chi connectivity index (χ0n) is 22.0. The van der Waals surface area contributed by atoms with Crippen LogP contribution in [0.1, 0.15) is 72.3 Å². The summed E-state index contributed by atoms with van der Waals surface area (Å²) in [5.41, 5.74) is 4.30. The monoisotopic (exact) mass is 511 g/mol. The van der Waals surface area contributed by atoms with E-state index >= 15 is 0 Å². The lowest BCUT2D eigenvalue weighted by atomic mass is 9.97. The molecule has 1 atom stereocenters. The number of fused-ring (bicyclic) bond motifs is 1. The number of carbonyl (C=O) groups is 1. The van der Waals surface area contributed by atoms with Crippen LogP contribution in [0.2, 0.25) is 0 Å². The number of amides is 1. The quantitative estimate of drug-likeness (QED) is 0.256. The summed E-state index contributed by atoms with van der Waals surface area (Å²) in [4.78, 5) is 21.9. The van der Waals surface area contributed by atoms with E-state index in [0.29, 0.717) is 18.8 Å². The number of oxazole rings is 1. The molecule has 2 N–H and O–H groups in total. The van der Waals surface area contributed by atoms with Gasteiger partial charge in [0.15, 0.2) is 0 Å². The van der Waals surface area contributed by atoms with Crippen molar-refractivity contribution < 1.29 is 19.1 Å². The minimum absolute atomic E-state index is 0.0560. The molecule has 2 aromatic carbocycles. The van der Waals surface area contributed by atoms with Crippen LogP contribution in [0.3, 0.4) is 0 Å². The number of hydrogen-bond acceptors (Lipinski definition) is 6. The van der Waals surface area contributed by atoms with Crippen molar-refractivity contribution in [1.82, 2.24) is 9.97 Å². The number of rotatable bonds is 9. The molecule has 38 heavy (non-hydrogen) atoms. The van der Waals surface area contributed by atoms with Gasteiger partial charge in [0.25, 0.3) is 5.89 Å². The summed E-state index contributed by atoms with van der Waals surface area (Å²) >= 11 is 0. The van der Waals surface area contributed by atoms with Gasteiger partial charge in [-0.2, -0.15) is 0 Å². The van der Waals surface area contributed by atoms with E-state index in [-0.39, 0.29) is 11.8 Å². The van der Waals surface area contributed by atoms with Crippen LogP contribution in [0, 0.1) is 6.92 Å². The molecular weight excluding hydrogens is 478 g/mol. The minimum Gasteiger partial charge on any atom is -0.494 e. The molecule has 2 heterocycles. The predicted octanol–water partition coefficient (Wildman–Crippen LogP) is 6.31. The molecule has 0 fully saturated rings. The molecule has 4 aromatic rings. The highest BCUT2D eigenvalue weighted by Gasteiger charge is 2.31. The number of carbonyl (C=O) groups excluding carboxylic acids is 1. The molecule has 0 spiro atoms. The van der Waals surface area contributed by atoms with Gasteiger partial charge in [-0.3, -0.25) is 4.79 Å². The van der Waals surface area contributed by atoms with Crippen molar-refractivity contribution in [2.45, 2.75) is 58.0 Å². The molecule has 0 radical (unpaired) electrons. The first-order valence-corrected chi connectivity index (χ1v) is 13.0. The van der Waals surface area contributed by atoms with Crippen molar-refractivity contribution in [3.63, 3.8) is 0 Å². The molecule has 1 unspecified atom stereocenters. The van der Waals surface area contributed by atoms with Crippen LogP contribution in [0.4, 0.5) is 5.82 Å². The highest BCUT2D eigenvalue weighted by Crippen LogP contribution is 2.38. The Hall–Kier alpha value is -3.97. The second kappa shape index (κ2) is 10.8. The third kappa shape index (κ3) is 5.94. The van der Waals surface area contributed by atoms with E-state index in [1.165, 1.54) is 5.56 Å². The number of aryl methyl sites for hydroxylation is 2. The zero-order chi connectivity index (χ0) is 26.7. The molecule has 0 bridgehead atoms. The molecule has 0 saturated heterocycles. The van der Waals surface area contributed by atoms with Gasteiger partial charge in [-0.25, -0.2) is 9.97 Å². The summed E-state index contributed by atoms with van der Waals surface area (Å²) in [7, 11) is 0. The predicted molar refractivity (Wildman–Crippen MR) is 146 cm³/mol. The Balaban J connectivity index is 1.28. The van der Waals surface area contributed by atoms with Crippen LogP contribution in [0.15, 0.2) is 71.3 Å². The molecule has 2 aromatic heterocycles. The summed E-state index contributed by atoms with van der Waals surface area (Å²) in [6, 6.07) is 19.9. The van der Waals surface area contributed by atoms with Gasteiger partial charge in [0, 0.05) is 18.5 Å². The number of ether oxygens (including phenoxy) is 1. The Bertz CT molecular complexity index is 1420. The Labute approximate surface area is 222 Å². The van der Waals surface area contributed by atoms with Crippen LogP contribution in [0.25, 0.3) is 11.1 Å². The van der Waals surface area contributed by atoms with E-state index in [1.807, 2.05) is 55.5 Å². The molecule has 1 aliphatic carbocycles. The second-order valence-electron chi connectivity index (χ2n) is 10.5. The normalized spacial score (nSPS) is 14.8. The molecule has 0 saturated carbocycles. The third-order valence-electron chi connectivity index (χ3n) is 6.84. The second-order valence-corrected chi connectivity index (χ2v) is 10.5. The van der Waals surface area contributed by atoms with Gasteiger partial charge in [-0.05, 0) is 86.6 Å². The van der Waals surface area contributed by atoms with Gasteiger partial charge < -0.3 is 19.6 Å². The van der Waals surface area contributed by atoms with Gasteiger partial charge >= 0.3 is 5.91 Å². The molecule has 196 valence electrons. The Morgan fingerprint density at radius 2 is 1.97 bits per heavy atom. The molecule has 7 heteroatoms. The molecule has 0 aliphatic heterocycles. The fraction of sp³-hybridized carbons (Fsp3) is 0.323. The van der Waals surface area contributed by atoms with Crippen LogP contribution in [0.5, 0.6) is 5.75 Å². The van der Waals surface area contributed by atoms with Crippen molar-refractivity contribution in [1.29, 1.82) is 0 Å². The lowest BCUT2D eigenvalue weighted by Crippen LogP contribution is -2.19. The number of nitrogens with zero attached hydrogens (tertiary/aromatic N) is 2. The van der Waals surface area contributed by atoms with E-state index in [2.05, 4.69) is 27.4 Å². The number of nitrogens with one attached hydrogen (secondary N) is 1. The largest absolute Gasteiger partial charge is 0.494 e. The van der Waals surface area contributed by atoms with E-state index in [1.54, 1.807) is 20.0 Å². The summed E-state index contributed by atoms with van der Waals surface area (Å²) in [6.45, 7) is 6.15. The summed E-state index contributed by atoms with van der Waals surface area (Å²) < 4.78 is 11.8. The molecule has 1 aliphatic rings. The summed E-state index contributed by atoms with van der Waals surface area (Å²) in [5.74, 6) is 1.73. The van der Waals surface area contributed by atoms with Crippen molar-refractivity contribution in [3.05, 3.63) is 95.3 Å². The average Bonchev–Trinajstić information content (AvgIpc) is 3.49. The number of benzene rings is 2. The van der Waals surface area contributed by atoms with E-state index in [0.717, 1.165) is 53.2 Å². The molecular formula is C31H33N3O4. The maximum absolute atomic E-state index is 13.0. The highest BCUT2D eigenvalue weighted by molar-refractivity contribution is 6.00. The van der Waals surface area contributed by atoms with Crippen LogP contribution >= 0.6 is 0 Å². The van der Waals surface area contributed by atoms with E-state index < -0.39 is 11.5 Å². The van der Waals surface area contributed by atoms with Crippen molar-refractivity contribution >= 4 is 11.7 Å². The Kier molecular flexibility index (Phi) is 7.29. The minimum atomic E-state index is -0.700. The van der Waals surface area contributed by atoms with Gasteiger partial charge in [0.1, 0.15) is 17.3 Å². The first-order chi connectivity index (χ1) is 18.3. The number of hydrogen-bond donors (Lipinski definition) is 2. The van der Waals surface area contributed by atoms with Crippen LogP contribution < -0.4 is 10.1 Å². The van der Waals surface area contributed by atoms with E-state index in [9.17, 15) is 9.90 Å². The SMILES string of the molecule is Cc1ccc(OCCCC(C)(C)O)cc1-c1ccnc(NC(=O)c2nc3c(o2)CCC3c2ccccc2)c1. The first kappa shape index (κ1) is 25.7. The standard InChI is InChI=1S/C31H33N3O4/c1-20-10-11-23(37-17-7-15-31(2,3)36)19-25(20)22-14-16-32-27(18-22)33-29(35)30-34-28-24(12-13-26(28)38-30)21-8-5-4-6-9-21/h4-6,8-11,14,16,18-19,24,36H,7,12-13,15,17H2,1-3H3,(H,32,33,35). The lowest BCUT2D eigenvalue weighted by Gasteiger charge is -2.17. The molecule has 5 rings (SSSR count). The number of aliphatic hydroxyl groups is 1. The molecule has 7 nitrogen and oxygen atoms in total. The summed E-state index contributed by atoms with van der Waals surface area (Å²) in [6.07, 6.45) is 4.78. The van der Waals surface area contributed by atoms with Crippen molar-refractivity contribution in [2.75, 3.05) is 11.9 Å². The first-order valence-electron chi connectivity index (χ1n) is 13.0. The van der Waals surface area contributed by atoms with Crippen molar-refractivity contribution in [2.24, 2.45) is 0 Å². The number of pyridine rings is 1. The average molecular weight is 512 g/mol. The summed E-state index contributed by atoms with van der Waals surface area (Å²) in [5, 5.41) is 12.7. The van der Waals surface area contributed by atoms with Crippen LogP contribution in [-0.4, -0.2) is 33.2 Å². The molecule has 1 amide bonds. The Morgan fingerprint density at radius 1 is 1.16 bits per heavy atom. The number of aromatic nitrogens is 2. The van der Waals surface area contributed by atoms with Gasteiger partial charge in [-0.1, -0.05) is 36.4 Å². The van der Waals surface area contributed by atoms with Gasteiger partial charge in [0.05, 0.1) is 17.9 Å². The fourth-order valence-corrected chi connectivity index (χ4v) is 4.87. The van der Waals surface area contributed by atoms with E-state index in [4.69, 9.17) is 9.15 Å². The maximum atomic E-state index is 13.0. The maximum Gasteiger partial charge on any atom is 0.312 e. The topological polar surface area (TPSA) is 97.5 Å². The zero-order valence-corrected chi connectivity index (χ0v) is 22.0. The third-order valence-corrected chi connectivity index (χ3v) is 6.84. The van der Waals surface area contributed by atoms with Gasteiger partial charge in [0.2, 0.25) is 0 Å². The highest BCUT2D eigenvalue weighted by atomic mass is 16.5. The lowest BCUT2D eigenvalue weighted by molar-refractivity contribution is 0.0641. The Morgan fingerprint density at radius 3 is 2.76 bits per heavy atom. The smallest absolute Gasteiger partial charge is 0.312 e.